The minimum absolute atomic E-state index is 0.187. The molecule has 1 amide bonds. The van der Waals surface area contributed by atoms with Crippen LogP contribution in [0, 0.1) is 6.92 Å². The van der Waals surface area contributed by atoms with Crippen LogP contribution in [0.1, 0.15) is 21.8 Å². The summed E-state index contributed by atoms with van der Waals surface area (Å²) in [7, 11) is 1.71. The van der Waals surface area contributed by atoms with Gasteiger partial charge in [-0.15, -0.1) is 0 Å². The van der Waals surface area contributed by atoms with E-state index in [2.05, 4.69) is 15.4 Å². The Morgan fingerprint density at radius 3 is 2.83 bits per heavy atom. The highest BCUT2D eigenvalue weighted by Gasteiger charge is 2.25. The van der Waals surface area contributed by atoms with Gasteiger partial charge < -0.3 is 9.42 Å². The average molecular weight is 331 g/mol. The molecule has 0 saturated heterocycles. The molecule has 3 rings (SSSR count). The van der Waals surface area contributed by atoms with E-state index >= 15 is 0 Å². The number of aryl methyl sites for hydroxylation is 1. The number of rotatable bonds is 4. The first kappa shape index (κ1) is 15.3. The monoisotopic (exact) mass is 330 g/mol. The van der Waals surface area contributed by atoms with Crippen LogP contribution >= 0.6 is 11.6 Å². The zero-order valence-electron chi connectivity index (χ0n) is 12.7. The van der Waals surface area contributed by atoms with Crippen LogP contribution in [0.3, 0.4) is 0 Å². The summed E-state index contributed by atoms with van der Waals surface area (Å²) in [6.45, 7) is 2.12. The average Bonchev–Trinajstić information content (AvgIpc) is 3.17. The van der Waals surface area contributed by atoms with Crippen LogP contribution in [0.2, 0.25) is 5.02 Å². The molecule has 1 aromatic carbocycles. The number of hydrogen-bond donors (Lipinski definition) is 1. The highest BCUT2D eigenvalue weighted by molar-refractivity contribution is 6.33. The second-order valence-corrected chi connectivity index (χ2v) is 5.59. The number of halogens is 1. The Labute approximate surface area is 138 Å². The molecule has 0 aliphatic rings. The van der Waals surface area contributed by atoms with Gasteiger partial charge in [-0.05, 0) is 19.1 Å². The highest BCUT2D eigenvalue weighted by atomic mass is 35.5. The van der Waals surface area contributed by atoms with Crippen LogP contribution in [0.4, 0.5) is 0 Å². The maximum absolute atomic E-state index is 12.8. The Bertz CT molecular complexity index is 826. The SMILES string of the molecule is Cc1onc(-c2ccccc2Cl)c1C(=O)N(C)Cc1ccn[nH]1. The highest BCUT2D eigenvalue weighted by Crippen LogP contribution is 2.31. The molecule has 0 bridgehead atoms. The summed E-state index contributed by atoms with van der Waals surface area (Å²) in [4.78, 5) is 14.4. The lowest BCUT2D eigenvalue weighted by Gasteiger charge is -2.16. The molecule has 0 saturated carbocycles. The fourth-order valence-electron chi connectivity index (χ4n) is 2.35. The molecule has 3 aromatic rings. The van der Waals surface area contributed by atoms with E-state index in [0.717, 1.165) is 5.69 Å². The second kappa shape index (κ2) is 6.26. The fourth-order valence-corrected chi connectivity index (χ4v) is 2.58. The number of aromatic amines is 1. The van der Waals surface area contributed by atoms with Crippen molar-refractivity contribution >= 4 is 17.5 Å². The quantitative estimate of drug-likeness (QED) is 0.796. The van der Waals surface area contributed by atoms with Gasteiger partial charge in [-0.3, -0.25) is 9.89 Å². The Morgan fingerprint density at radius 2 is 2.13 bits per heavy atom. The molecule has 0 fully saturated rings. The van der Waals surface area contributed by atoms with E-state index in [0.29, 0.717) is 34.1 Å². The lowest BCUT2D eigenvalue weighted by Crippen LogP contribution is -2.27. The topological polar surface area (TPSA) is 75.0 Å². The minimum Gasteiger partial charge on any atom is -0.360 e. The van der Waals surface area contributed by atoms with Gasteiger partial charge in [0.15, 0.2) is 0 Å². The normalized spacial score (nSPS) is 10.7. The molecule has 1 N–H and O–H groups in total. The van der Waals surface area contributed by atoms with Gasteiger partial charge in [-0.25, -0.2) is 0 Å². The third-order valence-corrected chi connectivity index (χ3v) is 3.85. The van der Waals surface area contributed by atoms with Crippen molar-refractivity contribution in [3.63, 3.8) is 0 Å². The Hall–Kier alpha value is -2.60. The second-order valence-electron chi connectivity index (χ2n) is 5.19. The van der Waals surface area contributed by atoms with Crippen molar-refractivity contribution in [1.29, 1.82) is 0 Å². The largest absolute Gasteiger partial charge is 0.360 e. The third kappa shape index (κ3) is 2.98. The van der Waals surface area contributed by atoms with Gasteiger partial charge in [0, 0.05) is 18.8 Å². The van der Waals surface area contributed by atoms with Crippen LogP contribution in [0.5, 0.6) is 0 Å². The number of benzene rings is 1. The Morgan fingerprint density at radius 1 is 1.35 bits per heavy atom. The predicted octanol–water partition coefficient (Wildman–Crippen LogP) is 3.30. The van der Waals surface area contributed by atoms with Crippen LogP contribution in [-0.2, 0) is 6.54 Å². The third-order valence-electron chi connectivity index (χ3n) is 3.52. The summed E-state index contributed by atoms with van der Waals surface area (Å²) in [6.07, 6.45) is 1.65. The summed E-state index contributed by atoms with van der Waals surface area (Å²) in [5.74, 6) is 0.273. The van der Waals surface area contributed by atoms with E-state index < -0.39 is 0 Å². The number of H-pyrrole nitrogens is 1. The first-order chi connectivity index (χ1) is 11.1. The Kier molecular flexibility index (Phi) is 4.16. The van der Waals surface area contributed by atoms with Gasteiger partial charge in [0.1, 0.15) is 17.0 Å². The standard InChI is InChI=1S/C16H15ClN4O2/c1-10-14(16(22)21(2)9-11-7-8-18-19-11)15(20-23-10)12-5-3-4-6-13(12)17/h3-8H,9H2,1-2H3,(H,18,19). The smallest absolute Gasteiger partial charge is 0.259 e. The maximum Gasteiger partial charge on any atom is 0.259 e. The zero-order valence-corrected chi connectivity index (χ0v) is 13.5. The molecule has 6 nitrogen and oxygen atoms in total. The van der Waals surface area contributed by atoms with E-state index in [1.807, 2.05) is 24.3 Å². The van der Waals surface area contributed by atoms with Gasteiger partial charge in [0.2, 0.25) is 0 Å². The first-order valence-corrected chi connectivity index (χ1v) is 7.40. The number of carbonyl (C=O) groups is 1. The molecule has 0 radical (unpaired) electrons. The van der Waals surface area contributed by atoms with Crippen molar-refractivity contribution < 1.29 is 9.32 Å². The van der Waals surface area contributed by atoms with E-state index in [-0.39, 0.29) is 5.91 Å². The van der Waals surface area contributed by atoms with Crippen molar-refractivity contribution in [2.45, 2.75) is 13.5 Å². The van der Waals surface area contributed by atoms with Gasteiger partial charge in [0.25, 0.3) is 5.91 Å². The van der Waals surface area contributed by atoms with Gasteiger partial charge >= 0.3 is 0 Å². The number of carbonyl (C=O) groups excluding carboxylic acids is 1. The molecule has 0 unspecified atom stereocenters. The van der Waals surface area contributed by atoms with Crippen LogP contribution in [0.15, 0.2) is 41.1 Å². The first-order valence-electron chi connectivity index (χ1n) is 7.03. The van der Waals surface area contributed by atoms with Crippen LogP contribution in [0.25, 0.3) is 11.3 Å². The number of amides is 1. The lowest BCUT2D eigenvalue weighted by atomic mass is 10.1. The summed E-state index contributed by atoms with van der Waals surface area (Å²) < 4.78 is 5.24. The van der Waals surface area contributed by atoms with Crippen molar-refractivity contribution in [1.82, 2.24) is 20.3 Å². The summed E-state index contributed by atoms with van der Waals surface area (Å²) in [5, 5.41) is 11.3. The lowest BCUT2D eigenvalue weighted by molar-refractivity contribution is 0.0782. The Balaban J connectivity index is 1.95. The molecular weight excluding hydrogens is 316 g/mol. The molecule has 0 spiro atoms. The summed E-state index contributed by atoms with van der Waals surface area (Å²) in [6, 6.07) is 9.05. The van der Waals surface area contributed by atoms with Crippen LogP contribution in [-0.4, -0.2) is 33.2 Å². The van der Waals surface area contributed by atoms with Crippen molar-refractivity contribution in [3.05, 3.63) is 58.6 Å². The molecule has 0 atom stereocenters. The van der Waals surface area contributed by atoms with Gasteiger partial charge in [0.05, 0.1) is 17.3 Å². The molecule has 2 heterocycles. The fraction of sp³-hybridized carbons (Fsp3) is 0.188. The molecule has 2 aromatic heterocycles. The number of nitrogens with one attached hydrogen (secondary N) is 1. The maximum atomic E-state index is 12.8. The molecule has 118 valence electrons. The van der Waals surface area contributed by atoms with E-state index in [1.165, 1.54) is 0 Å². The molecule has 7 heteroatoms. The molecule has 0 aliphatic carbocycles. The van der Waals surface area contributed by atoms with Crippen LogP contribution < -0.4 is 0 Å². The van der Waals surface area contributed by atoms with Crippen molar-refractivity contribution in [2.24, 2.45) is 0 Å². The van der Waals surface area contributed by atoms with Crippen molar-refractivity contribution in [2.75, 3.05) is 7.05 Å². The molecule has 0 aliphatic heterocycles. The summed E-state index contributed by atoms with van der Waals surface area (Å²) >= 11 is 6.22. The zero-order chi connectivity index (χ0) is 16.4. The van der Waals surface area contributed by atoms with E-state index in [9.17, 15) is 4.79 Å². The number of nitrogens with zero attached hydrogens (tertiary/aromatic N) is 3. The molecule has 23 heavy (non-hydrogen) atoms. The number of aromatic nitrogens is 3. The predicted molar refractivity (Wildman–Crippen MR) is 86.1 cm³/mol. The van der Waals surface area contributed by atoms with E-state index in [1.54, 1.807) is 31.1 Å². The minimum atomic E-state index is -0.187. The molecular formula is C16H15ClN4O2. The van der Waals surface area contributed by atoms with Gasteiger partial charge in [-0.2, -0.15) is 5.10 Å². The summed E-state index contributed by atoms with van der Waals surface area (Å²) in [5.41, 5.74) is 2.38. The van der Waals surface area contributed by atoms with Gasteiger partial charge in [-0.1, -0.05) is 35.0 Å². The van der Waals surface area contributed by atoms with E-state index in [4.69, 9.17) is 16.1 Å². The van der Waals surface area contributed by atoms with Crippen molar-refractivity contribution in [3.8, 4) is 11.3 Å². The number of hydrogen-bond acceptors (Lipinski definition) is 4.